The number of aryl methyl sites for hydroxylation is 1. The molecule has 2 rings (SSSR count). The molecule has 0 saturated carbocycles. The third kappa shape index (κ3) is 4.91. The van der Waals surface area contributed by atoms with Gasteiger partial charge in [-0.2, -0.15) is 0 Å². The van der Waals surface area contributed by atoms with Crippen LogP contribution in [0, 0.1) is 12.7 Å². The Balaban J connectivity index is 1.96. The van der Waals surface area contributed by atoms with Gasteiger partial charge in [0.1, 0.15) is 11.6 Å². The zero-order valence-electron chi connectivity index (χ0n) is 13.0. The molecule has 0 aliphatic carbocycles. The molecule has 7 heteroatoms. The Morgan fingerprint density at radius 3 is 2.70 bits per heavy atom. The number of aromatic nitrogens is 1. The highest BCUT2D eigenvalue weighted by Crippen LogP contribution is 2.22. The Morgan fingerprint density at radius 1 is 1.26 bits per heavy atom. The van der Waals surface area contributed by atoms with Crippen LogP contribution >= 0.6 is 0 Å². The number of carbonyl (C=O) groups is 2. The first-order valence-corrected chi connectivity index (χ1v) is 7.19. The minimum atomic E-state index is -0.379. The Hall–Kier alpha value is -2.70. The van der Waals surface area contributed by atoms with Gasteiger partial charge in [-0.3, -0.25) is 9.59 Å². The van der Waals surface area contributed by atoms with Crippen LogP contribution in [0.5, 0.6) is 0 Å². The molecule has 0 unspecified atom stereocenters. The van der Waals surface area contributed by atoms with Gasteiger partial charge in [-0.1, -0.05) is 6.07 Å². The smallest absolute Gasteiger partial charge is 0.226 e. The predicted octanol–water partition coefficient (Wildman–Crippen LogP) is 1.58. The first-order chi connectivity index (χ1) is 11.0. The van der Waals surface area contributed by atoms with Crippen molar-refractivity contribution in [2.75, 3.05) is 13.1 Å². The first-order valence-electron chi connectivity index (χ1n) is 7.19. The van der Waals surface area contributed by atoms with E-state index in [1.807, 2.05) is 0 Å². The van der Waals surface area contributed by atoms with Crippen molar-refractivity contribution in [3.05, 3.63) is 41.5 Å². The fourth-order valence-corrected chi connectivity index (χ4v) is 1.99. The molecular formula is C16H18FN3O3. The summed E-state index contributed by atoms with van der Waals surface area (Å²) in [4.78, 5) is 26.8. The van der Waals surface area contributed by atoms with Crippen molar-refractivity contribution in [1.82, 2.24) is 15.6 Å². The van der Waals surface area contributed by atoms with Crippen LogP contribution in [0.3, 0.4) is 0 Å². The van der Waals surface area contributed by atoms with Gasteiger partial charge in [0.05, 0.1) is 12.1 Å². The van der Waals surface area contributed by atoms with Gasteiger partial charge in [-0.15, -0.1) is 0 Å². The third-order valence-electron chi connectivity index (χ3n) is 3.11. The predicted molar refractivity (Wildman–Crippen MR) is 82.0 cm³/mol. The number of benzene rings is 1. The van der Waals surface area contributed by atoms with Gasteiger partial charge >= 0.3 is 0 Å². The third-order valence-corrected chi connectivity index (χ3v) is 3.11. The molecule has 6 nitrogen and oxygen atoms in total. The number of hydrogen-bond acceptors (Lipinski definition) is 4. The normalized spacial score (nSPS) is 10.4. The van der Waals surface area contributed by atoms with Crippen LogP contribution < -0.4 is 10.6 Å². The van der Waals surface area contributed by atoms with Crippen molar-refractivity contribution in [2.24, 2.45) is 0 Å². The van der Waals surface area contributed by atoms with Crippen LogP contribution in [0.25, 0.3) is 11.5 Å². The number of oxazole rings is 1. The molecule has 0 bridgehead atoms. The zero-order valence-corrected chi connectivity index (χ0v) is 13.0. The maximum absolute atomic E-state index is 13.2. The molecular weight excluding hydrogens is 301 g/mol. The largest absolute Gasteiger partial charge is 0.441 e. The summed E-state index contributed by atoms with van der Waals surface area (Å²) in [6.45, 7) is 3.82. The van der Waals surface area contributed by atoms with Crippen molar-refractivity contribution in [2.45, 2.75) is 20.3 Å². The van der Waals surface area contributed by atoms with E-state index in [9.17, 15) is 14.0 Å². The highest BCUT2D eigenvalue weighted by molar-refractivity contribution is 5.78. The average molecular weight is 319 g/mol. The Labute approximate surface area is 133 Å². The number of nitrogens with zero attached hydrogens (tertiary/aromatic N) is 1. The van der Waals surface area contributed by atoms with Crippen molar-refractivity contribution < 1.29 is 18.4 Å². The molecule has 0 spiro atoms. The van der Waals surface area contributed by atoms with E-state index >= 15 is 0 Å². The van der Waals surface area contributed by atoms with Gasteiger partial charge in [0.2, 0.25) is 17.7 Å². The summed E-state index contributed by atoms with van der Waals surface area (Å²) < 4.78 is 18.7. The summed E-state index contributed by atoms with van der Waals surface area (Å²) in [5.74, 6) is 0.0452. The summed E-state index contributed by atoms with van der Waals surface area (Å²) in [5.41, 5.74) is 1.02. The molecule has 0 radical (unpaired) electrons. The SMILES string of the molecule is CC(=O)NCCNC(=O)Cc1nc(-c2cccc(F)c2)oc1C. The lowest BCUT2D eigenvalue weighted by molar-refractivity contribution is -0.121. The maximum atomic E-state index is 13.2. The van der Waals surface area contributed by atoms with Crippen LogP contribution in [0.1, 0.15) is 18.4 Å². The van der Waals surface area contributed by atoms with Crippen molar-refractivity contribution >= 4 is 11.8 Å². The Morgan fingerprint density at radius 2 is 2.00 bits per heavy atom. The van der Waals surface area contributed by atoms with Crippen LogP contribution in [-0.2, 0) is 16.0 Å². The number of hydrogen-bond donors (Lipinski definition) is 2. The molecule has 2 amide bonds. The Kier molecular flexibility index (Phi) is 5.46. The number of nitrogens with one attached hydrogen (secondary N) is 2. The van der Waals surface area contributed by atoms with Gasteiger partial charge in [0, 0.05) is 25.6 Å². The first kappa shape index (κ1) is 16.7. The summed E-state index contributed by atoms with van der Waals surface area (Å²) >= 11 is 0. The lowest BCUT2D eigenvalue weighted by Crippen LogP contribution is -2.34. The Bertz CT molecular complexity index is 712. The molecule has 2 aromatic rings. The van der Waals surface area contributed by atoms with E-state index in [0.29, 0.717) is 30.1 Å². The van der Waals surface area contributed by atoms with Crippen LogP contribution in [-0.4, -0.2) is 29.9 Å². The molecule has 2 N–H and O–H groups in total. The molecule has 0 saturated heterocycles. The van der Waals surface area contributed by atoms with Crippen LogP contribution in [0.15, 0.2) is 28.7 Å². The van der Waals surface area contributed by atoms with E-state index in [4.69, 9.17) is 4.42 Å². The molecule has 0 aliphatic heterocycles. The molecule has 0 atom stereocenters. The molecule has 1 aromatic carbocycles. The van der Waals surface area contributed by atoms with Gasteiger partial charge in [0.25, 0.3) is 0 Å². The second-order valence-corrected chi connectivity index (χ2v) is 5.04. The fourth-order valence-electron chi connectivity index (χ4n) is 1.99. The summed E-state index contributed by atoms with van der Waals surface area (Å²) in [6.07, 6.45) is 0.0602. The lowest BCUT2D eigenvalue weighted by atomic mass is 10.2. The van der Waals surface area contributed by atoms with E-state index in [1.54, 1.807) is 19.1 Å². The molecule has 0 fully saturated rings. The van der Waals surface area contributed by atoms with Gasteiger partial charge in [-0.25, -0.2) is 9.37 Å². The number of halogens is 1. The maximum Gasteiger partial charge on any atom is 0.226 e. The second-order valence-electron chi connectivity index (χ2n) is 5.04. The zero-order chi connectivity index (χ0) is 16.8. The fraction of sp³-hybridized carbons (Fsp3) is 0.312. The van der Waals surface area contributed by atoms with E-state index in [0.717, 1.165) is 0 Å². The average Bonchev–Trinajstić information content (AvgIpc) is 2.85. The van der Waals surface area contributed by atoms with Crippen molar-refractivity contribution in [3.8, 4) is 11.5 Å². The van der Waals surface area contributed by atoms with Crippen molar-refractivity contribution in [3.63, 3.8) is 0 Å². The number of amides is 2. The molecule has 1 heterocycles. The van der Waals surface area contributed by atoms with E-state index in [-0.39, 0.29) is 29.9 Å². The molecule has 23 heavy (non-hydrogen) atoms. The quantitative estimate of drug-likeness (QED) is 0.792. The summed E-state index contributed by atoms with van der Waals surface area (Å²) in [6, 6.07) is 5.91. The van der Waals surface area contributed by atoms with E-state index in [1.165, 1.54) is 19.1 Å². The minimum absolute atomic E-state index is 0.0602. The van der Waals surface area contributed by atoms with Crippen LogP contribution in [0.4, 0.5) is 4.39 Å². The van der Waals surface area contributed by atoms with Gasteiger partial charge < -0.3 is 15.1 Å². The molecule has 0 aliphatic rings. The van der Waals surface area contributed by atoms with Crippen LogP contribution in [0.2, 0.25) is 0 Å². The topological polar surface area (TPSA) is 84.2 Å². The molecule has 122 valence electrons. The summed E-state index contributed by atoms with van der Waals surface area (Å²) in [5, 5.41) is 5.26. The monoisotopic (exact) mass is 319 g/mol. The number of carbonyl (C=O) groups excluding carboxylic acids is 2. The van der Waals surface area contributed by atoms with Gasteiger partial charge in [-0.05, 0) is 25.1 Å². The second kappa shape index (κ2) is 7.53. The van der Waals surface area contributed by atoms with Crippen molar-refractivity contribution in [1.29, 1.82) is 0 Å². The minimum Gasteiger partial charge on any atom is -0.441 e. The highest BCUT2D eigenvalue weighted by atomic mass is 19.1. The van der Waals surface area contributed by atoms with Gasteiger partial charge in [0.15, 0.2) is 0 Å². The highest BCUT2D eigenvalue weighted by Gasteiger charge is 2.14. The standard InChI is InChI=1S/C16H18FN3O3/c1-10-14(9-15(22)19-7-6-18-11(2)21)20-16(23-10)12-4-3-5-13(17)8-12/h3-5,8H,6-7,9H2,1-2H3,(H,18,21)(H,19,22). The number of rotatable bonds is 6. The van der Waals surface area contributed by atoms with E-state index < -0.39 is 0 Å². The molecule has 1 aromatic heterocycles. The lowest BCUT2D eigenvalue weighted by Gasteiger charge is -2.04. The van der Waals surface area contributed by atoms with E-state index in [2.05, 4.69) is 15.6 Å². The summed E-state index contributed by atoms with van der Waals surface area (Å²) in [7, 11) is 0.